The zero-order chi connectivity index (χ0) is 19.5. The van der Waals surface area contributed by atoms with E-state index in [1.54, 1.807) is 19.5 Å². The smallest absolute Gasteiger partial charge is 0.178 e. The van der Waals surface area contributed by atoms with E-state index in [2.05, 4.69) is 21.8 Å². The monoisotopic (exact) mass is 372 g/mol. The average molecular weight is 372 g/mol. The molecular weight excluding hydrogens is 352 g/mol. The minimum absolute atomic E-state index is 0.321. The van der Waals surface area contributed by atoms with E-state index in [1.807, 2.05) is 65.4 Å². The molecule has 140 valence electrons. The molecule has 0 saturated carbocycles. The van der Waals surface area contributed by atoms with Crippen molar-refractivity contribution in [1.82, 2.24) is 9.97 Å². The highest BCUT2D eigenvalue weighted by Gasteiger charge is 2.29. The van der Waals surface area contributed by atoms with Crippen LogP contribution in [-0.2, 0) is 4.74 Å². The molecule has 1 aromatic heterocycles. The quantitative estimate of drug-likeness (QED) is 0.711. The van der Waals surface area contributed by atoms with Gasteiger partial charge in [0.05, 0.1) is 11.4 Å². The number of aliphatic hydroxyl groups excluding tert-OH is 1. The van der Waals surface area contributed by atoms with E-state index in [0.29, 0.717) is 18.1 Å². The third-order valence-corrected chi connectivity index (χ3v) is 4.59. The molecule has 1 unspecified atom stereocenters. The number of rotatable bonds is 3. The number of anilines is 4. The number of ether oxygens (including phenoxy) is 1. The summed E-state index contributed by atoms with van der Waals surface area (Å²) in [6.07, 6.45) is 2.43. The lowest BCUT2D eigenvalue weighted by Crippen LogP contribution is -2.30. The number of benzene rings is 2. The predicted molar refractivity (Wildman–Crippen MR) is 109 cm³/mol. The Morgan fingerprint density at radius 1 is 1.04 bits per heavy atom. The first-order valence-electron chi connectivity index (χ1n) is 8.89. The fraction of sp³-hybridized carbons (Fsp3) is 0.182. The third-order valence-electron chi connectivity index (χ3n) is 4.59. The second-order valence-electron chi connectivity index (χ2n) is 6.39. The second-order valence-corrected chi connectivity index (χ2v) is 6.39. The molecule has 28 heavy (non-hydrogen) atoms. The summed E-state index contributed by atoms with van der Waals surface area (Å²) in [5, 5.41) is 10.6. The maximum atomic E-state index is 10.6. The fourth-order valence-electron chi connectivity index (χ4n) is 3.21. The minimum Gasteiger partial charge on any atom is -0.376 e. The summed E-state index contributed by atoms with van der Waals surface area (Å²) in [6, 6.07) is 15.4. The maximum Gasteiger partial charge on any atom is 0.178 e. The van der Waals surface area contributed by atoms with Crippen molar-refractivity contribution < 1.29 is 9.84 Å². The summed E-state index contributed by atoms with van der Waals surface area (Å²) in [5.74, 6) is 7.39. The van der Waals surface area contributed by atoms with Gasteiger partial charge < -0.3 is 14.7 Å². The molecule has 0 amide bonds. The molecule has 4 rings (SSSR count). The second kappa shape index (κ2) is 7.69. The number of hydrogen-bond acceptors (Lipinski definition) is 6. The van der Waals surface area contributed by atoms with Gasteiger partial charge in [-0.1, -0.05) is 36.1 Å². The lowest BCUT2D eigenvalue weighted by atomic mass is 10.0. The number of hydrogen-bond donors (Lipinski definition) is 1. The van der Waals surface area contributed by atoms with Gasteiger partial charge in [0.2, 0.25) is 0 Å². The van der Waals surface area contributed by atoms with Crippen LogP contribution in [0.25, 0.3) is 0 Å². The van der Waals surface area contributed by atoms with Crippen LogP contribution in [-0.4, -0.2) is 36.0 Å². The van der Waals surface area contributed by atoms with Crippen LogP contribution in [0, 0.1) is 11.8 Å². The molecule has 1 aliphatic heterocycles. The molecule has 2 heterocycles. The SMILES string of the molecule is COCN1c2cc(C(O)C#Cc3ccccc3)ccc2N(C)c2nccnc21. The maximum absolute atomic E-state index is 10.6. The topological polar surface area (TPSA) is 61.7 Å². The van der Waals surface area contributed by atoms with Gasteiger partial charge in [0.15, 0.2) is 11.6 Å². The van der Waals surface area contributed by atoms with Crippen molar-refractivity contribution in [3.05, 3.63) is 72.1 Å². The van der Waals surface area contributed by atoms with Gasteiger partial charge in [0.1, 0.15) is 12.8 Å². The van der Waals surface area contributed by atoms with Crippen molar-refractivity contribution >= 4 is 23.0 Å². The Labute approximate surface area is 164 Å². The highest BCUT2D eigenvalue weighted by molar-refractivity contribution is 5.89. The van der Waals surface area contributed by atoms with E-state index in [1.165, 1.54) is 0 Å². The van der Waals surface area contributed by atoms with E-state index in [9.17, 15) is 5.11 Å². The van der Waals surface area contributed by atoms with Crippen molar-refractivity contribution in [2.75, 3.05) is 30.7 Å². The Kier molecular flexibility index (Phi) is 4.94. The lowest BCUT2D eigenvalue weighted by molar-refractivity contribution is 0.205. The highest BCUT2D eigenvalue weighted by atomic mass is 16.5. The van der Waals surface area contributed by atoms with Crippen LogP contribution in [0.15, 0.2) is 60.9 Å². The highest BCUT2D eigenvalue weighted by Crippen LogP contribution is 2.45. The first kappa shape index (κ1) is 18.0. The van der Waals surface area contributed by atoms with E-state index < -0.39 is 6.10 Å². The molecule has 2 aromatic carbocycles. The van der Waals surface area contributed by atoms with E-state index in [0.717, 1.165) is 22.8 Å². The molecule has 6 heteroatoms. The van der Waals surface area contributed by atoms with Crippen molar-refractivity contribution in [2.24, 2.45) is 0 Å². The van der Waals surface area contributed by atoms with E-state index >= 15 is 0 Å². The lowest BCUT2D eigenvalue weighted by Gasteiger charge is -2.36. The van der Waals surface area contributed by atoms with Gasteiger partial charge in [-0.05, 0) is 29.8 Å². The zero-order valence-electron chi connectivity index (χ0n) is 15.7. The molecule has 6 nitrogen and oxygen atoms in total. The molecule has 1 atom stereocenters. The van der Waals surface area contributed by atoms with Crippen LogP contribution in [0.3, 0.4) is 0 Å². The molecule has 0 spiro atoms. The van der Waals surface area contributed by atoms with Crippen LogP contribution in [0.1, 0.15) is 17.2 Å². The van der Waals surface area contributed by atoms with Gasteiger partial charge in [-0.3, -0.25) is 4.90 Å². The predicted octanol–water partition coefficient (Wildman–Crippen LogP) is 3.39. The van der Waals surface area contributed by atoms with Crippen LogP contribution < -0.4 is 9.80 Å². The molecule has 0 saturated heterocycles. The number of methoxy groups -OCH3 is 1. The summed E-state index contributed by atoms with van der Waals surface area (Å²) in [5.41, 5.74) is 3.42. The van der Waals surface area contributed by atoms with Crippen LogP contribution in [0.4, 0.5) is 23.0 Å². The summed E-state index contributed by atoms with van der Waals surface area (Å²) in [6.45, 7) is 0.321. The summed E-state index contributed by atoms with van der Waals surface area (Å²) in [7, 11) is 3.58. The van der Waals surface area contributed by atoms with Gasteiger partial charge in [-0.2, -0.15) is 0 Å². The molecule has 0 radical (unpaired) electrons. The Hall–Kier alpha value is -3.40. The average Bonchev–Trinajstić information content (AvgIpc) is 2.75. The number of aromatic nitrogens is 2. The van der Waals surface area contributed by atoms with Gasteiger partial charge in [-0.25, -0.2) is 9.97 Å². The number of fused-ring (bicyclic) bond motifs is 2. The van der Waals surface area contributed by atoms with E-state index in [4.69, 9.17) is 4.74 Å². The third kappa shape index (κ3) is 3.29. The summed E-state index contributed by atoms with van der Waals surface area (Å²) >= 11 is 0. The Bertz CT molecular complexity index is 1040. The normalized spacial score (nSPS) is 13.2. The zero-order valence-corrected chi connectivity index (χ0v) is 15.7. The summed E-state index contributed by atoms with van der Waals surface area (Å²) < 4.78 is 5.39. The van der Waals surface area contributed by atoms with Gasteiger partial charge >= 0.3 is 0 Å². The molecule has 1 aliphatic rings. The van der Waals surface area contributed by atoms with Crippen LogP contribution >= 0.6 is 0 Å². The van der Waals surface area contributed by atoms with Crippen molar-refractivity contribution in [3.63, 3.8) is 0 Å². The Morgan fingerprint density at radius 2 is 1.79 bits per heavy atom. The van der Waals surface area contributed by atoms with Crippen LogP contribution in [0.5, 0.6) is 0 Å². The minimum atomic E-state index is -0.900. The fourth-order valence-corrected chi connectivity index (χ4v) is 3.21. The Morgan fingerprint density at radius 3 is 2.54 bits per heavy atom. The molecule has 1 N–H and O–H groups in total. The largest absolute Gasteiger partial charge is 0.376 e. The number of aliphatic hydroxyl groups is 1. The number of nitrogens with zero attached hydrogens (tertiary/aromatic N) is 4. The molecule has 0 bridgehead atoms. The molecule has 3 aromatic rings. The first-order chi connectivity index (χ1) is 13.7. The van der Waals surface area contributed by atoms with Crippen LogP contribution in [0.2, 0.25) is 0 Å². The van der Waals surface area contributed by atoms with Gasteiger partial charge in [0.25, 0.3) is 0 Å². The van der Waals surface area contributed by atoms with Crippen molar-refractivity contribution in [1.29, 1.82) is 0 Å². The molecular formula is C22H20N4O2. The van der Waals surface area contributed by atoms with Crippen molar-refractivity contribution in [2.45, 2.75) is 6.10 Å². The van der Waals surface area contributed by atoms with Gasteiger partial charge in [0, 0.05) is 32.1 Å². The molecule has 0 fully saturated rings. The van der Waals surface area contributed by atoms with E-state index in [-0.39, 0.29) is 0 Å². The standard InChI is InChI=1S/C22H20N4O2/c1-25-18-10-9-17(20(27)11-8-16-6-4-3-5-7-16)14-19(18)26(15-28-2)22-21(25)23-12-13-24-22/h3-7,9-10,12-14,20,27H,15H2,1-2H3. The Balaban J connectivity index is 1.71. The first-order valence-corrected chi connectivity index (χ1v) is 8.89. The van der Waals surface area contributed by atoms with Gasteiger partial charge in [-0.15, -0.1) is 0 Å². The summed E-state index contributed by atoms with van der Waals surface area (Å²) in [4.78, 5) is 12.8. The van der Waals surface area contributed by atoms with Crippen molar-refractivity contribution in [3.8, 4) is 11.8 Å². The molecule has 0 aliphatic carbocycles.